The van der Waals surface area contributed by atoms with Gasteiger partial charge in [0, 0.05) is 45.1 Å². The number of likely N-dealkylation sites (N-methyl/N-ethyl adjacent to an activating group) is 1. The van der Waals surface area contributed by atoms with Crippen molar-refractivity contribution in [3.8, 4) is 12.3 Å². The van der Waals surface area contributed by atoms with E-state index in [9.17, 15) is 24.6 Å². The average molecular weight is 679 g/mol. The highest BCUT2D eigenvalue weighted by molar-refractivity contribution is 5.91. The van der Waals surface area contributed by atoms with Gasteiger partial charge < -0.3 is 25.7 Å². The van der Waals surface area contributed by atoms with Crippen LogP contribution in [0.3, 0.4) is 0 Å². The van der Waals surface area contributed by atoms with Crippen molar-refractivity contribution in [3.63, 3.8) is 0 Å². The summed E-state index contributed by atoms with van der Waals surface area (Å²) < 4.78 is 0. The number of carbonyl (C=O) groups is 3. The Morgan fingerprint density at radius 2 is 1.61 bits per heavy atom. The molecule has 1 aromatic rings. The molecule has 2 bridgehead atoms. The fourth-order valence-electron chi connectivity index (χ4n) is 8.36. The van der Waals surface area contributed by atoms with E-state index in [0.29, 0.717) is 43.8 Å². The van der Waals surface area contributed by atoms with Gasteiger partial charge in [-0.25, -0.2) is 0 Å². The van der Waals surface area contributed by atoms with E-state index in [4.69, 9.17) is 6.42 Å². The lowest BCUT2D eigenvalue weighted by Gasteiger charge is -2.35. The van der Waals surface area contributed by atoms with E-state index in [1.165, 1.54) is 38.5 Å². The first-order valence-electron chi connectivity index (χ1n) is 19.0. The number of aliphatic hydroxyl groups is 2. The number of piperidine rings is 1. The summed E-state index contributed by atoms with van der Waals surface area (Å²) in [4.78, 5) is 45.6. The summed E-state index contributed by atoms with van der Waals surface area (Å²) in [5, 5.41) is 27.9. The quantitative estimate of drug-likeness (QED) is 0.171. The Morgan fingerprint density at radius 3 is 2.24 bits per heavy atom. The Morgan fingerprint density at radius 1 is 0.939 bits per heavy atom. The third-order valence-corrected chi connectivity index (χ3v) is 11.2. The maximum atomic E-state index is 13.9. The molecule has 4 N–H and O–H groups in total. The molecule has 3 aliphatic rings. The van der Waals surface area contributed by atoms with Gasteiger partial charge in [-0.05, 0) is 62.3 Å². The van der Waals surface area contributed by atoms with E-state index in [-0.39, 0.29) is 24.7 Å². The Hall–Kier alpha value is -2.93. The number of hydrogen-bond donors (Lipinski definition) is 4. The summed E-state index contributed by atoms with van der Waals surface area (Å²) in [6, 6.07) is 9.14. The first kappa shape index (κ1) is 38.9. The van der Waals surface area contributed by atoms with Crippen molar-refractivity contribution < 1.29 is 24.6 Å². The smallest absolute Gasteiger partial charge is 0.243 e. The van der Waals surface area contributed by atoms with Gasteiger partial charge >= 0.3 is 0 Å². The highest BCUT2D eigenvalue weighted by atomic mass is 16.3. The van der Waals surface area contributed by atoms with Crippen LogP contribution in [0.2, 0.25) is 0 Å². The molecule has 0 radical (unpaired) electrons. The Kier molecular flexibility index (Phi) is 15.4. The predicted octanol–water partition coefficient (Wildman–Crippen LogP) is 4.44. The zero-order valence-electron chi connectivity index (χ0n) is 30.2. The first-order valence-corrected chi connectivity index (χ1v) is 19.0. The van der Waals surface area contributed by atoms with Crippen LogP contribution in [0.25, 0.3) is 0 Å². The fourth-order valence-corrected chi connectivity index (χ4v) is 8.36. The van der Waals surface area contributed by atoms with Gasteiger partial charge in [0.1, 0.15) is 12.1 Å². The number of benzene rings is 1. The van der Waals surface area contributed by atoms with Gasteiger partial charge in [-0.2, -0.15) is 0 Å². The molecular formula is C40H62N4O5. The summed E-state index contributed by atoms with van der Waals surface area (Å²) in [7, 11) is 1.81. The Labute approximate surface area is 295 Å². The minimum atomic E-state index is -1.14. The number of aliphatic hydroxyl groups excluding tert-OH is 2. The lowest BCUT2D eigenvalue weighted by molar-refractivity contribution is -0.137. The molecule has 3 amide bonds. The third-order valence-electron chi connectivity index (χ3n) is 11.2. The monoisotopic (exact) mass is 678 g/mol. The highest BCUT2D eigenvalue weighted by Crippen LogP contribution is 2.35. The summed E-state index contributed by atoms with van der Waals surface area (Å²) in [5.74, 6) is 1.34. The highest BCUT2D eigenvalue weighted by Gasteiger charge is 2.37. The number of amides is 3. The number of fused-ring (bicyclic) bond motifs is 2. The van der Waals surface area contributed by atoms with Gasteiger partial charge in [-0.3, -0.25) is 19.3 Å². The Bertz CT molecular complexity index is 1210. The van der Waals surface area contributed by atoms with Gasteiger partial charge in [-0.1, -0.05) is 82.7 Å². The van der Waals surface area contributed by atoms with Crippen LogP contribution in [0.5, 0.6) is 0 Å². The summed E-state index contributed by atoms with van der Waals surface area (Å²) in [5.41, 5.74) is 0.927. The van der Waals surface area contributed by atoms with Crippen molar-refractivity contribution in [3.05, 3.63) is 35.9 Å². The molecular weight excluding hydrogens is 616 g/mol. The maximum Gasteiger partial charge on any atom is 0.243 e. The molecule has 3 fully saturated rings. The molecule has 2 aliphatic heterocycles. The number of nitrogens with one attached hydrogen (secondary N) is 2. The van der Waals surface area contributed by atoms with Crippen molar-refractivity contribution in [2.24, 2.45) is 17.8 Å². The van der Waals surface area contributed by atoms with E-state index in [2.05, 4.69) is 21.5 Å². The molecule has 1 saturated carbocycles. The SMILES string of the molecule is C#CC[C@H](NC(=O)[C@@H](CC(=O)N(C)CCN1C2CCCC1CC2)Cc1ccccc1)C(=O)N[C@@H](CC1CCCCC1)[C@@H](O)[C@@H](O)CC(C)C. The van der Waals surface area contributed by atoms with Crippen LogP contribution in [-0.2, 0) is 20.8 Å². The van der Waals surface area contributed by atoms with E-state index < -0.39 is 42.0 Å². The van der Waals surface area contributed by atoms with Crippen molar-refractivity contribution in [2.75, 3.05) is 20.1 Å². The Balaban J connectivity index is 1.43. The van der Waals surface area contributed by atoms with Crippen LogP contribution >= 0.6 is 0 Å². The molecule has 9 heteroatoms. The molecule has 2 saturated heterocycles. The molecule has 1 aromatic carbocycles. The van der Waals surface area contributed by atoms with Gasteiger partial charge in [0.05, 0.1) is 18.1 Å². The average Bonchev–Trinajstić information content (AvgIpc) is 3.30. The molecule has 272 valence electrons. The molecule has 0 spiro atoms. The van der Waals surface area contributed by atoms with Crippen LogP contribution in [0.4, 0.5) is 0 Å². The van der Waals surface area contributed by atoms with E-state index in [1.54, 1.807) is 4.90 Å². The standard InChI is InChI=1S/C40H62N4O5/c1-5-13-34(40(49)42-35(26-30-16-10-7-11-17-30)38(47)36(45)24-28(2)3)41-39(48)31(25-29-14-8-6-9-15-29)27-37(46)43(4)22-23-44-32-18-12-19-33(44)21-20-32/h1,6,8-9,14-15,28,30-36,38,45,47H,7,10-13,16-27H2,2-4H3,(H,41,48)(H,42,49)/t31-,32?,33?,34+,35+,36+,38-/m1/s1. The van der Waals surface area contributed by atoms with Crippen molar-refractivity contribution >= 4 is 17.7 Å². The molecule has 4 rings (SSSR count). The van der Waals surface area contributed by atoms with Crippen LogP contribution in [0.1, 0.15) is 109 Å². The molecule has 1 aliphatic carbocycles. The minimum absolute atomic E-state index is 0.0128. The molecule has 7 atom stereocenters. The largest absolute Gasteiger partial charge is 0.390 e. The second-order valence-electron chi connectivity index (χ2n) is 15.5. The predicted molar refractivity (Wildman–Crippen MR) is 193 cm³/mol. The zero-order valence-corrected chi connectivity index (χ0v) is 30.2. The molecule has 2 unspecified atom stereocenters. The normalized spacial score (nSPS) is 22.8. The van der Waals surface area contributed by atoms with E-state index >= 15 is 0 Å². The number of terminal acetylenes is 1. The van der Waals surface area contributed by atoms with Crippen LogP contribution in [0.15, 0.2) is 30.3 Å². The van der Waals surface area contributed by atoms with Crippen molar-refractivity contribution in [1.29, 1.82) is 0 Å². The van der Waals surface area contributed by atoms with Crippen LogP contribution < -0.4 is 10.6 Å². The first-order chi connectivity index (χ1) is 23.5. The molecule has 9 nitrogen and oxygen atoms in total. The van der Waals surface area contributed by atoms with Crippen LogP contribution in [-0.4, -0.2) is 94.2 Å². The number of hydrogen-bond acceptors (Lipinski definition) is 6. The lowest BCUT2D eigenvalue weighted by atomic mass is 9.82. The van der Waals surface area contributed by atoms with Gasteiger partial charge in [0.25, 0.3) is 0 Å². The van der Waals surface area contributed by atoms with Gasteiger partial charge in [0.2, 0.25) is 17.7 Å². The van der Waals surface area contributed by atoms with Crippen molar-refractivity contribution in [2.45, 2.75) is 147 Å². The van der Waals surface area contributed by atoms with E-state index in [0.717, 1.165) is 37.8 Å². The fraction of sp³-hybridized carbons (Fsp3) is 0.725. The maximum absolute atomic E-state index is 13.9. The summed E-state index contributed by atoms with van der Waals surface area (Å²) in [6.07, 6.45) is 16.5. The molecule has 2 heterocycles. The van der Waals surface area contributed by atoms with Crippen molar-refractivity contribution in [1.82, 2.24) is 20.4 Å². The molecule has 0 aromatic heterocycles. The van der Waals surface area contributed by atoms with Gasteiger partial charge in [-0.15, -0.1) is 12.3 Å². The third kappa shape index (κ3) is 11.8. The van der Waals surface area contributed by atoms with Gasteiger partial charge in [0.15, 0.2) is 0 Å². The number of carbonyl (C=O) groups excluding carboxylic acids is 3. The van der Waals surface area contributed by atoms with E-state index in [1.807, 2.05) is 51.2 Å². The topological polar surface area (TPSA) is 122 Å². The van der Waals surface area contributed by atoms with Crippen LogP contribution in [0, 0.1) is 30.1 Å². The lowest BCUT2D eigenvalue weighted by Crippen LogP contribution is -2.56. The second-order valence-corrected chi connectivity index (χ2v) is 15.5. The molecule has 49 heavy (non-hydrogen) atoms. The number of rotatable bonds is 18. The zero-order chi connectivity index (χ0) is 35.3. The number of nitrogens with zero attached hydrogens (tertiary/aromatic N) is 2. The summed E-state index contributed by atoms with van der Waals surface area (Å²) >= 11 is 0. The second kappa shape index (κ2) is 19.5. The minimum Gasteiger partial charge on any atom is -0.390 e. The summed E-state index contributed by atoms with van der Waals surface area (Å²) in [6.45, 7) is 5.42.